The minimum absolute atomic E-state index is 0.270. The third-order valence-electron chi connectivity index (χ3n) is 4.37. The van der Waals surface area contributed by atoms with Gasteiger partial charge in [0, 0.05) is 0 Å². The molecule has 2 heterocycles. The molecule has 0 atom stereocenters. The van der Waals surface area contributed by atoms with Crippen molar-refractivity contribution in [3.05, 3.63) is 73.5 Å². The number of fused-ring (bicyclic) bond motifs is 3. The lowest BCUT2D eigenvalue weighted by Crippen LogP contribution is -2.22. The predicted octanol–water partition coefficient (Wildman–Crippen LogP) is 4.09. The van der Waals surface area contributed by atoms with E-state index in [4.69, 9.17) is 0 Å². The van der Waals surface area contributed by atoms with E-state index in [1.165, 1.54) is 27.9 Å². The molecular weight excluding hydrogens is 361 g/mol. The maximum atomic E-state index is 12.9. The number of hydrogen-bond acceptors (Lipinski definition) is 3. The first-order valence-electron chi connectivity index (χ1n) is 7.85. The van der Waals surface area contributed by atoms with Crippen molar-refractivity contribution in [2.75, 3.05) is 0 Å². The van der Waals surface area contributed by atoms with E-state index in [0.717, 1.165) is 28.8 Å². The molecule has 0 saturated carbocycles. The van der Waals surface area contributed by atoms with Gasteiger partial charge in [0.05, 0.1) is 21.1 Å². The summed E-state index contributed by atoms with van der Waals surface area (Å²) in [6.07, 6.45) is -2.94. The average molecular weight is 374 g/mol. The van der Waals surface area contributed by atoms with E-state index >= 15 is 0 Å². The number of alkyl halides is 3. The second kappa shape index (κ2) is 5.67. The van der Waals surface area contributed by atoms with Gasteiger partial charge in [0.15, 0.2) is 4.96 Å². The van der Waals surface area contributed by atoms with E-state index in [-0.39, 0.29) is 5.56 Å². The van der Waals surface area contributed by atoms with Crippen LogP contribution in [0.1, 0.15) is 22.3 Å². The van der Waals surface area contributed by atoms with Crippen LogP contribution < -0.4 is 10.1 Å². The maximum Gasteiger partial charge on any atom is 0.416 e. The van der Waals surface area contributed by atoms with Crippen molar-refractivity contribution in [1.82, 2.24) is 9.38 Å². The lowest BCUT2D eigenvalue weighted by molar-refractivity contribution is -0.137. The molecule has 0 N–H and O–H groups in total. The molecule has 2 aromatic carbocycles. The molecule has 4 rings (SSSR count). The standard InChI is InChI=1S/C19H13F3N2OS/c1-10-6-14-15(7-11(10)2)24-17(25)16(26-18(24)23-14)9-12-4-3-5-13(8-12)19(20,21)22/h3-9H,1-2H3/b16-9-. The molecule has 0 unspecified atom stereocenters. The summed E-state index contributed by atoms with van der Waals surface area (Å²) in [4.78, 5) is 17.8. The van der Waals surface area contributed by atoms with Crippen molar-refractivity contribution in [3.8, 4) is 0 Å². The molecule has 0 bridgehead atoms. The fraction of sp³-hybridized carbons (Fsp3) is 0.158. The van der Waals surface area contributed by atoms with Crippen LogP contribution in [0.4, 0.5) is 13.2 Å². The molecule has 0 spiro atoms. The van der Waals surface area contributed by atoms with Crippen LogP contribution in [0.25, 0.3) is 22.1 Å². The average Bonchev–Trinajstić information content (AvgIpc) is 3.04. The number of hydrogen-bond donors (Lipinski definition) is 0. The summed E-state index contributed by atoms with van der Waals surface area (Å²) in [6, 6.07) is 8.76. The Bertz CT molecular complexity index is 1270. The summed E-state index contributed by atoms with van der Waals surface area (Å²) in [5, 5.41) is 0. The highest BCUT2D eigenvalue weighted by Crippen LogP contribution is 2.29. The number of benzene rings is 2. The SMILES string of the molecule is Cc1cc2nc3s/c(=C\c4cccc(C(F)(F)F)c4)c(=O)n3c2cc1C. The van der Waals surface area contributed by atoms with E-state index in [1.54, 1.807) is 6.07 Å². The summed E-state index contributed by atoms with van der Waals surface area (Å²) >= 11 is 1.17. The van der Waals surface area contributed by atoms with Crippen molar-refractivity contribution in [2.24, 2.45) is 0 Å². The fourth-order valence-corrected chi connectivity index (χ4v) is 3.86. The number of rotatable bonds is 1. The Balaban J connectivity index is 1.93. The Morgan fingerprint density at radius 2 is 1.85 bits per heavy atom. The molecule has 26 heavy (non-hydrogen) atoms. The molecule has 0 aliphatic rings. The number of nitrogens with zero attached hydrogens (tertiary/aromatic N) is 2. The highest BCUT2D eigenvalue weighted by Gasteiger charge is 2.30. The largest absolute Gasteiger partial charge is 0.416 e. The zero-order valence-electron chi connectivity index (χ0n) is 13.9. The Labute approximate surface area is 150 Å². The molecule has 0 aliphatic carbocycles. The molecule has 0 aliphatic heterocycles. The van der Waals surface area contributed by atoms with E-state index in [0.29, 0.717) is 20.6 Å². The Morgan fingerprint density at radius 3 is 2.58 bits per heavy atom. The first-order valence-corrected chi connectivity index (χ1v) is 8.67. The molecule has 4 aromatic rings. The molecule has 0 radical (unpaired) electrons. The smallest absolute Gasteiger partial charge is 0.267 e. The van der Waals surface area contributed by atoms with Gasteiger partial charge in [0.2, 0.25) is 0 Å². The summed E-state index contributed by atoms with van der Waals surface area (Å²) in [7, 11) is 0. The van der Waals surface area contributed by atoms with Gasteiger partial charge in [0.25, 0.3) is 5.56 Å². The first-order chi connectivity index (χ1) is 12.2. The highest BCUT2D eigenvalue weighted by atomic mass is 32.1. The highest BCUT2D eigenvalue weighted by molar-refractivity contribution is 7.15. The lowest BCUT2D eigenvalue weighted by atomic mass is 10.1. The van der Waals surface area contributed by atoms with Crippen LogP contribution in [0, 0.1) is 13.8 Å². The van der Waals surface area contributed by atoms with Gasteiger partial charge in [-0.2, -0.15) is 13.2 Å². The van der Waals surface area contributed by atoms with Gasteiger partial charge in [-0.15, -0.1) is 0 Å². The molecule has 3 nitrogen and oxygen atoms in total. The zero-order chi connectivity index (χ0) is 18.6. The number of thiazole rings is 1. The van der Waals surface area contributed by atoms with Crippen LogP contribution >= 0.6 is 11.3 Å². The van der Waals surface area contributed by atoms with Gasteiger partial charge >= 0.3 is 6.18 Å². The molecule has 132 valence electrons. The van der Waals surface area contributed by atoms with Crippen molar-refractivity contribution >= 4 is 33.4 Å². The van der Waals surface area contributed by atoms with E-state index in [1.807, 2.05) is 26.0 Å². The summed E-state index contributed by atoms with van der Waals surface area (Å²) in [5.41, 5.74) is 2.91. The number of imidazole rings is 1. The van der Waals surface area contributed by atoms with Gasteiger partial charge < -0.3 is 0 Å². The summed E-state index contributed by atoms with van der Waals surface area (Å²) in [5.74, 6) is 0. The van der Waals surface area contributed by atoms with Gasteiger partial charge in [-0.3, -0.25) is 4.79 Å². The number of aromatic nitrogens is 2. The molecule has 0 fully saturated rings. The molecule has 2 aromatic heterocycles. The third kappa shape index (κ3) is 2.68. The van der Waals surface area contributed by atoms with Gasteiger partial charge in [-0.1, -0.05) is 23.5 Å². The first kappa shape index (κ1) is 16.8. The second-order valence-corrected chi connectivity index (χ2v) is 7.20. The normalized spacial score (nSPS) is 13.2. The van der Waals surface area contributed by atoms with Crippen molar-refractivity contribution in [3.63, 3.8) is 0 Å². The molecular formula is C19H13F3N2OS. The monoisotopic (exact) mass is 374 g/mol. The van der Waals surface area contributed by atoms with Gasteiger partial charge in [0.1, 0.15) is 0 Å². The van der Waals surface area contributed by atoms with Gasteiger partial charge in [-0.25, -0.2) is 9.38 Å². The van der Waals surface area contributed by atoms with E-state index in [2.05, 4.69) is 4.98 Å². The van der Waals surface area contributed by atoms with Crippen molar-refractivity contribution in [2.45, 2.75) is 20.0 Å². The van der Waals surface area contributed by atoms with Crippen LogP contribution in [0.5, 0.6) is 0 Å². The Kier molecular flexibility index (Phi) is 3.66. The predicted molar refractivity (Wildman–Crippen MR) is 96.5 cm³/mol. The van der Waals surface area contributed by atoms with E-state index < -0.39 is 11.7 Å². The minimum Gasteiger partial charge on any atom is -0.267 e. The third-order valence-corrected chi connectivity index (χ3v) is 5.33. The van der Waals surface area contributed by atoms with Gasteiger partial charge in [-0.05, 0) is 60.9 Å². The van der Waals surface area contributed by atoms with Crippen molar-refractivity contribution < 1.29 is 13.2 Å². The summed E-state index contributed by atoms with van der Waals surface area (Å²) < 4.78 is 40.5. The molecule has 0 saturated heterocycles. The van der Waals surface area contributed by atoms with Crippen LogP contribution in [-0.2, 0) is 6.18 Å². The fourth-order valence-electron chi connectivity index (χ4n) is 2.87. The second-order valence-electron chi connectivity index (χ2n) is 6.19. The van der Waals surface area contributed by atoms with Crippen LogP contribution in [0.15, 0.2) is 41.2 Å². The van der Waals surface area contributed by atoms with E-state index in [9.17, 15) is 18.0 Å². The Hall–Kier alpha value is -2.67. The minimum atomic E-state index is -4.42. The zero-order valence-corrected chi connectivity index (χ0v) is 14.7. The Morgan fingerprint density at radius 1 is 1.12 bits per heavy atom. The number of halogens is 3. The topological polar surface area (TPSA) is 34.4 Å². The molecule has 0 amide bonds. The lowest BCUT2D eigenvalue weighted by Gasteiger charge is -2.06. The molecule has 7 heteroatoms. The van der Waals surface area contributed by atoms with Crippen molar-refractivity contribution in [1.29, 1.82) is 0 Å². The maximum absolute atomic E-state index is 12.9. The number of aryl methyl sites for hydroxylation is 2. The summed E-state index contributed by atoms with van der Waals surface area (Å²) in [6.45, 7) is 3.94. The van der Waals surface area contributed by atoms with Crippen LogP contribution in [0.3, 0.4) is 0 Å². The quantitative estimate of drug-likeness (QED) is 0.503. The van der Waals surface area contributed by atoms with Crippen LogP contribution in [-0.4, -0.2) is 9.38 Å². The van der Waals surface area contributed by atoms with Crippen LogP contribution in [0.2, 0.25) is 0 Å².